The third-order valence-corrected chi connectivity index (χ3v) is 5.48. The Morgan fingerprint density at radius 2 is 2.15 bits per heavy atom. The largest absolute Gasteiger partial charge is 0.381 e. The van der Waals surface area contributed by atoms with Gasteiger partial charge in [-0.25, -0.2) is 15.0 Å². The fourth-order valence-corrected chi connectivity index (χ4v) is 3.84. The number of hydrogen-bond donors (Lipinski definition) is 1. The SMILES string of the molecule is Cn1ccnc1CN1CCc2ncnc(NCC3CCCOC3)c2CC1. The van der Waals surface area contributed by atoms with Crippen LogP contribution < -0.4 is 5.32 Å². The summed E-state index contributed by atoms with van der Waals surface area (Å²) in [7, 11) is 2.05. The van der Waals surface area contributed by atoms with Gasteiger partial charge in [0.2, 0.25) is 0 Å². The van der Waals surface area contributed by atoms with Crippen LogP contribution in [0.4, 0.5) is 5.82 Å². The minimum atomic E-state index is 0.583. The van der Waals surface area contributed by atoms with Gasteiger partial charge < -0.3 is 14.6 Å². The molecule has 7 nitrogen and oxygen atoms in total. The van der Waals surface area contributed by atoms with Crippen LogP contribution in [0.5, 0.6) is 0 Å². The Morgan fingerprint density at radius 1 is 1.23 bits per heavy atom. The monoisotopic (exact) mass is 356 g/mol. The summed E-state index contributed by atoms with van der Waals surface area (Å²) in [5, 5.41) is 3.57. The van der Waals surface area contributed by atoms with Crippen molar-refractivity contribution in [3.63, 3.8) is 0 Å². The van der Waals surface area contributed by atoms with E-state index in [1.165, 1.54) is 17.7 Å². The van der Waals surface area contributed by atoms with Gasteiger partial charge in [-0.1, -0.05) is 0 Å². The molecule has 2 aromatic rings. The molecule has 0 radical (unpaired) electrons. The number of aromatic nitrogens is 4. The number of aryl methyl sites for hydroxylation is 1. The van der Waals surface area contributed by atoms with Crippen molar-refractivity contribution in [3.8, 4) is 0 Å². The summed E-state index contributed by atoms with van der Waals surface area (Å²) in [5.74, 6) is 2.71. The molecule has 2 aromatic heterocycles. The average Bonchev–Trinajstić information content (AvgIpc) is 2.96. The van der Waals surface area contributed by atoms with Crippen LogP contribution in [0.15, 0.2) is 18.7 Å². The standard InChI is InChI=1S/C19H28N6O/c1-24-9-6-20-18(24)12-25-7-4-16-17(5-8-25)22-14-23-19(16)21-11-15-3-2-10-26-13-15/h6,9,14-15H,2-5,7-8,10-13H2,1H3,(H,21,22,23). The van der Waals surface area contributed by atoms with E-state index >= 15 is 0 Å². The van der Waals surface area contributed by atoms with Crippen LogP contribution >= 0.6 is 0 Å². The zero-order valence-electron chi connectivity index (χ0n) is 15.5. The molecule has 2 aliphatic heterocycles. The Kier molecular flexibility index (Phi) is 5.45. The molecule has 0 saturated carbocycles. The van der Waals surface area contributed by atoms with E-state index in [1.807, 2.05) is 12.4 Å². The number of anilines is 1. The van der Waals surface area contributed by atoms with Gasteiger partial charge in [-0.3, -0.25) is 4.90 Å². The Bertz CT molecular complexity index is 725. The van der Waals surface area contributed by atoms with E-state index in [0.29, 0.717) is 5.92 Å². The smallest absolute Gasteiger partial charge is 0.132 e. The third-order valence-electron chi connectivity index (χ3n) is 5.48. The van der Waals surface area contributed by atoms with Gasteiger partial charge in [0.25, 0.3) is 0 Å². The number of ether oxygens (including phenoxy) is 1. The van der Waals surface area contributed by atoms with Crippen LogP contribution in [-0.4, -0.2) is 57.3 Å². The second-order valence-electron chi connectivity index (χ2n) is 7.34. The summed E-state index contributed by atoms with van der Waals surface area (Å²) in [4.78, 5) is 16.0. The molecule has 0 spiro atoms. The maximum absolute atomic E-state index is 5.59. The fourth-order valence-electron chi connectivity index (χ4n) is 3.84. The van der Waals surface area contributed by atoms with E-state index < -0.39 is 0 Å². The highest BCUT2D eigenvalue weighted by atomic mass is 16.5. The third kappa shape index (κ3) is 4.04. The lowest BCUT2D eigenvalue weighted by atomic mass is 10.0. The molecule has 0 amide bonds. The molecule has 26 heavy (non-hydrogen) atoms. The quantitative estimate of drug-likeness (QED) is 0.879. The van der Waals surface area contributed by atoms with Gasteiger partial charge in [-0.15, -0.1) is 0 Å². The molecular weight excluding hydrogens is 328 g/mol. The number of nitrogens with zero attached hydrogens (tertiary/aromatic N) is 5. The van der Waals surface area contributed by atoms with Crippen molar-refractivity contribution in [2.45, 2.75) is 32.2 Å². The summed E-state index contributed by atoms with van der Waals surface area (Å²) >= 11 is 0. The highest BCUT2D eigenvalue weighted by Crippen LogP contribution is 2.22. The second kappa shape index (κ2) is 8.14. The van der Waals surface area contributed by atoms with Crippen molar-refractivity contribution >= 4 is 5.82 Å². The van der Waals surface area contributed by atoms with Crippen LogP contribution in [0, 0.1) is 5.92 Å². The lowest BCUT2D eigenvalue weighted by Gasteiger charge is -2.23. The lowest BCUT2D eigenvalue weighted by molar-refractivity contribution is 0.0594. The molecule has 4 rings (SSSR count). The van der Waals surface area contributed by atoms with E-state index in [0.717, 1.165) is 70.3 Å². The fraction of sp³-hybridized carbons (Fsp3) is 0.632. The molecule has 0 bridgehead atoms. The van der Waals surface area contributed by atoms with E-state index in [9.17, 15) is 0 Å². The van der Waals surface area contributed by atoms with Gasteiger partial charge in [0.05, 0.1) is 18.8 Å². The molecule has 0 aliphatic carbocycles. The highest BCUT2D eigenvalue weighted by Gasteiger charge is 2.20. The Hall–Kier alpha value is -1.99. The number of nitrogens with one attached hydrogen (secondary N) is 1. The van der Waals surface area contributed by atoms with Crippen molar-refractivity contribution in [1.29, 1.82) is 0 Å². The Morgan fingerprint density at radius 3 is 2.96 bits per heavy atom. The van der Waals surface area contributed by atoms with Crippen molar-refractivity contribution in [1.82, 2.24) is 24.4 Å². The molecule has 7 heteroatoms. The first kappa shape index (κ1) is 17.4. The molecule has 140 valence electrons. The minimum absolute atomic E-state index is 0.583. The van der Waals surface area contributed by atoms with Crippen LogP contribution in [0.1, 0.15) is 29.9 Å². The van der Waals surface area contributed by atoms with Crippen molar-refractivity contribution in [3.05, 3.63) is 35.8 Å². The maximum Gasteiger partial charge on any atom is 0.132 e. The summed E-state index contributed by atoms with van der Waals surface area (Å²) in [6.45, 7) is 5.59. The second-order valence-corrected chi connectivity index (χ2v) is 7.34. The summed E-state index contributed by atoms with van der Waals surface area (Å²) in [6, 6.07) is 0. The molecular formula is C19H28N6O. The molecule has 1 fully saturated rings. The molecule has 1 atom stereocenters. The van der Waals surface area contributed by atoms with E-state index in [4.69, 9.17) is 4.74 Å². The first-order chi connectivity index (χ1) is 12.8. The highest BCUT2D eigenvalue weighted by molar-refractivity contribution is 5.46. The van der Waals surface area contributed by atoms with Crippen LogP contribution in [0.2, 0.25) is 0 Å². The van der Waals surface area contributed by atoms with Crippen molar-refractivity contribution < 1.29 is 4.74 Å². The van der Waals surface area contributed by atoms with E-state index in [2.05, 4.69) is 36.8 Å². The molecule has 4 heterocycles. The van der Waals surface area contributed by atoms with E-state index in [1.54, 1.807) is 6.33 Å². The minimum Gasteiger partial charge on any atom is -0.381 e. The molecule has 2 aliphatic rings. The number of imidazole rings is 1. The van der Waals surface area contributed by atoms with Gasteiger partial charge in [-0.2, -0.15) is 0 Å². The molecule has 1 N–H and O–H groups in total. The summed E-state index contributed by atoms with van der Waals surface area (Å²) < 4.78 is 7.68. The molecule has 1 saturated heterocycles. The predicted molar refractivity (Wildman–Crippen MR) is 100.0 cm³/mol. The van der Waals surface area contributed by atoms with Gasteiger partial charge in [0.1, 0.15) is 18.0 Å². The zero-order valence-corrected chi connectivity index (χ0v) is 15.5. The normalized spacial score (nSPS) is 21.2. The summed E-state index contributed by atoms with van der Waals surface area (Å²) in [5.41, 5.74) is 2.47. The van der Waals surface area contributed by atoms with E-state index in [-0.39, 0.29) is 0 Å². The van der Waals surface area contributed by atoms with Gasteiger partial charge in [0.15, 0.2) is 0 Å². The van der Waals surface area contributed by atoms with Gasteiger partial charge in [-0.05, 0) is 25.2 Å². The lowest BCUT2D eigenvalue weighted by Crippen LogP contribution is -2.27. The van der Waals surface area contributed by atoms with Crippen LogP contribution in [0.25, 0.3) is 0 Å². The first-order valence-electron chi connectivity index (χ1n) is 9.62. The first-order valence-corrected chi connectivity index (χ1v) is 9.62. The van der Waals surface area contributed by atoms with Crippen molar-refractivity contribution in [2.24, 2.45) is 13.0 Å². The van der Waals surface area contributed by atoms with Crippen LogP contribution in [-0.2, 0) is 31.2 Å². The zero-order chi connectivity index (χ0) is 17.8. The predicted octanol–water partition coefficient (Wildman–Crippen LogP) is 1.65. The molecule has 1 unspecified atom stereocenters. The average molecular weight is 356 g/mol. The van der Waals surface area contributed by atoms with Gasteiger partial charge >= 0.3 is 0 Å². The van der Waals surface area contributed by atoms with Crippen molar-refractivity contribution in [2.75, 3.05) is 38.2 Å². The molecule has 0 aromatic carbocycles. The number of hydrogen-bond acceptors (Lipinski definition) is 6. The topological polar surface area (TPSA) is 68.1 Å². The Labute approximate surface area is 154 Å². The van der Waals surface area contributed by atoms with Crippen LogP contribution in [0.3, 0.4) is 0 Å². The van der Waals surface area contributed by atoms with Gasteiger partial charge in [0, 0.05) is 57.7 Å². The number of rotatable bonds is 5. The maximum atomic E-state index is 5.59. The summed E-state index contributed by atoms with van der Waals surface area (Å²) in [6.07, 6.45) is 9.91. The number of fused-ring (bicyclic) bond motifs is 1. The Balaban J connectivity index is 1.40.